The molecule has 25 heavy (non-hydrogen) atoms. The molecule has 1 aliphatic heterocycles. The maximum atomic E-state index is 9.49. The van der Waals surface area contributed by atoms with Crippen LogP contribution in [0.5, 0.6) is 5.75 Å². The number of aromatic nitrogens is 3. The van der Waals surface area contributed by atoms with E-state index in [4.69, 9.17) is 4.74 Å². The van der Waals surface area contributed by atoms with E-state index in [0.29, 0.717) is 17.9 Å². The Morgan fingerprint density at radius 1 is 1.32 bits per heavy atom. The SMILES string of the molecule is Cc1nnc(N2CC[C@@H](Oc3cccnc3N(C)C)C2)c(C#N)c1C. The summed E-state index contributed by atoms with van der Waals surface area (Å²) in [4.78, 5) is 8.38. The van der Waals surface area contributed by atoms with Crippen molar-refractivity contribution >= 4 is 11.6 Å². The Balaban J connectivity index is 1.78. The summed E-state index contributed by atoms with van der Waals surface area (Å²) >= 11 is 0. The van der Waals surface area contributed by atoms with Gasteiger partial charge in [-0.3, -0.25) is 0 Å². The average molecular weight is 338 g/mol. The van der Waals surface area contributed by atoms with Crippen LogP contribution in [0.2, 0.25) is 0 Å². The molecule has 0 amide bonds. The molecule has 0 N–H and O–H groups in total. The summed E-state index contributed by atoms with van der Waals surface area (Å²) in [6.45, 7) is 5.24. The van der Waals surface area contributed by atoms with Crippen molar-refractivity contribution in [1.29, 1.82) is 5.26 Å². The van der Waals surface area contributed by atoms with Gasteiger partial charge in [-0.05, 0) is 31.5 Å². The van der Waals surface area contributed by atoms with Crippen LogP contribution in [0.15, 0.2) is 18.3 Å². The fraction of sp³-hybridized carbons (Fsp3) is 0.444. The Bertz CT molecular complexity index is 814. The van der Waals surface area contributed by atoms with E-state index in [0.717, 1.165) is 35.8 Å². The van der Waals surface area contributed by atoms with Gasteiger partial charge in [-0.1, -0.05) is 0 Å². The lowest BCUT2D eigenvalue weighted by Gasteiger charge is -2.21. The topological polar surface area (TPSA) is 78.2 Å². The van der Waals surface area contributed by atoms with Crippen molar-refractivity contribution in [3.05, 3.63) is 35.2 Å². The molecule has 1 saturated heterocycles. The van der Waals surface area contributed by atoms with Gasteiger partial charge >= 0.3 is 0 Å². The second kappa shape index (κ2) is 6.93. The number of hydrogen-bond donors (Lipinski definition) is 0. The first-order valence-corrected chi connectivity index (χ1v) is 8.29. The Morgan fingerprint density at radius 2 is 2.12 bits per heavy atom. The molecule has 7 heteroatoms. The van der Waals surface area contributed by atoms with Gasteiger partial charge in [0.25, 0.3) is 0 Å². The monoisotopic (exact) mass is 338 g/mol. The number of nitriles is 1. The molecule has 0 saturated carbocycles. The fourth-order valence-corrected chi connectivity index (χ4v) is 2.96. The highest BCUT2D eigenvalue weighted by atomic mass is 16.5. The van der Waals surface area contributed by atoms with Crippen molar-refractivity contribution in [2.75, 3.05) is 37.0 Å². The van der Waals surface area contributed by atoms with E-state index in [-0.39, 0.29) is 6.10 Å². The summed E-state index contributed by atoms with van der Waals surface area (Å²) in [5, 5.41) is 17.9. The first kappa shape index (κ1) is 17.0. The zero-order valence-electron chi connectivity index (χ0n) is 15.0. The second-order valence-electron chi connectivity index (χ2n) is 6.41. The van der Waals surface area contributed by atoms with Gasteiger partial charge in [-0.2, -0.15) is 10.4 Å². The van der Waals surface area contributed by atoms with E-state index >= 15 is 0 Å². The zero-order valence-corrected chi connectivity index (χ0v) is 15.0. The van der Waals surface area contributed by atoms with Crippen LogP contribution >= 0.6 is 0 Å². The first-order valence-electron chi connectivity index (χ1n) is 8.29. The Kier molecular flexibility index (Phi) is 4.70. The number of hydrogen-bond acceptors (Lipinski definition) is 7. The molecular weight excluding hydrogens is 316 g/mol. The molecule has 3 rings (SSSR count). The van der Waals surface area contributed by atoms with Crippen molar-refractivity contribution in [3.8, 4) is 11.8 Å². The van der Waals surface area contributed by atoms with Gasteiger partial charge in [-0.15, -0.1) is 5.10 Å². The van der Waals surface area contributed by atoms with Gasteiger partial charge in [0, 0.05) is 33.3 Å². The van der Waals surface area contributed by atoms with E-state index in [9.17, 15) is 5.26 Å². The molecule has 0 radical (unpaired) electrons. The van der Waals surface area contributed by atoms with Crippen LogP contribution in [0.25, 0.3) is 0 Å². The predicted molar refractivity (Wildman–Crippen MR) is 96.0 cm³/mol. The molecule has 0 spiro atoms. The van der Waals surface area contributed by atoms with E-state index < -0.39 is 0 Å². The van der Waals surface area contributed by atoms with Crippen molar-refractivity contribution in [2.24, 2.45) is 0 Å². The number of pyridine rings is 1. The van der Waals surface area contributed by atoms with Crippen LogP contribution in [-0.2, 0) is 0 Å². The molecule has 7 nitrogen and oxygen atoms in total. The van der Waals surface area contributed by atoms with Gasteiger partial charge in [0.15, 0.2) is 17.4 Å². The van der Waals surface area contributed by atoms with Gasteiger partial charge in [0.05, 0.1) is 12.2 Å². The van der Waals surface area contributed by atoms with E-state index in [1.54, 1.807) is 6.20 Å². The summed E-state index contributed by atoms with van der Waals surface area (Å²) in [6.07, 6.45) is 2.65. The molecule has 130 valence electrons. The standard InChI is InChI=1S/C18H22N6O/c1-12-13(2)21-22-17(15(12)10-19)24-9-7-14(11-24)25-16-6-5-8-20-18(16)23(3)4/h5-6,8,14H,7,9,11H2,1-4H3/t14-/m1/s1. The number of anilines is 2. The third-order valence-corrected chi connectivity index (χ3v) is 4.46. The van der Waals surface area contributed by atoms with Gasteiger partial charge in [0.1, 0.15) is 17.7 Å². The molecule has 1 fully saturated rings. The summed E-state index contributed by atoms with van der Waals surface area (Å²) in [5.41, 5.74) is 2.28. The zero-order chi connectivity index (χ0) is 18.0. The smallest absolute Gasteiger partial charge is 0.170 e. The van der Waals surface area contributed by atoms with Crippen LogP contribution in [-0.4, -0.2) is 48.5 Å². The maximum Gasteiger partial charge on any atom is 0.170 e. The Hall–Kier alpha value is -2.88. The summed E-state index contributed by atoms with van der Waals surface area (Å²) in [6, 6.07) is 6.07. The lowest BCUT2D eigenvalue weighted by Crippen LogP contribution is -2.27. The minimum Gasteiger partial charge on any atom is -0.485 e. The third-order valence-electron chi connectivity index (χ3n) is 4.46. The minimum atomic E-state index is 0.0258. The van der Waals surface area contributed by atoms with Crippen LogP contribution in [0.1, 0.15) is 23.2 Å². The molecule has 2 aromatic heterocycles. The van der Waals surface area contributed by atoms with Crippen LogP contribution in [0.4, 0.5) is 11.6 Å². The lowest BCUT2D eigenvalue weighted by molar-refractivity contribution is 0.225. The molecule has 1 aliphatic rings. The van der Waals surface area contributed by atoms with Gasteiger partial charge in [-0.25, -0.2) is 4.98 Å². The van der Waals surface area contributed by atoms with Crippen molar-refractivity contribution in [2.45, 2.75) is 26.4 Å². The third kappa shape index (κ3) is 3.33. The highest BCUT2D eigenvalue weighted by Crippen LogP contribution is 2.29. The highest BCUT2D eigenvalue weighted by Gasteiger charge is 2.28. The maximum absolute atomic E-state index is 9.49. The summed E-state index contributed by atoms with van der Waals surface area (Å²) in [5.74, 6) is 2.23. The number of nitrogens with zero attached hydrogens (tertiary/aromatic N) is 6. The normalized spacial score (nSPS) is 16.6. The second-order valence-corrected chi connectivity index (χ2v) is 6.41. The van der Waals surface area contributed by atoms with E-state index in [1.165, 1.54) is 0 Å². The minimum absolute atomic E-state index is 0.0258. The Morgan fingerprint density at radius 3 is 2.84 bits per heavy atom. The molecule has 0 aliphatic carbocycles. The highest BCUT2D eigenvalue weighted by molar-refractivity contribution is 5.58. The molecule has 3 heterocycles. The van der Waals surface area contributed by atoms with Crippen molar-refractivity contribution < 1.29 is 4.74 Å². The largest absolute Gasteiger partial charge is 0.485 e. The quantitative estimate of drug-likeness (QED) is 0.844. The van der Waals surface area contributed by atoms with Crippen LogP contribution in [0, 0.1) is 25.2 Å². The summed E-state index contributed by atoms with van der Waals surface area (Å²) < 4.78 is 6.17. The van der Waals surface area contributed by atoms with Crippen LogP contribution < -0.4 is 14.5 Å². The first-order chi connectivity index (χ1) is 12.0. The molecular formula is C18H22N6O. The Labute approximate surface area is 147 Å². The molecule has 0 aromatic carbocycles. The van der Waals surface area contributed by atoms with Crippen molar-refractivity contribution in [1.82, 2.24) is 15.2 Å². The van der Waals surface area contributed by atoms with Crippen LogP contribution in [0.3, 0.4) is 0 Å². The fourth-order valence-electron chi connectivity index (χ4n) is 2.96. The van der Waals surface area contributed by atoms with E-state index in [2.05, 4.69) is 26.2 Å². The van der Waals surface area contributed by atoms with E-state index in [1.807, 2.05) is 45.0 Å². The number of aryl methyl sites for hydroxylation is 1. The number of rotatable bonds is 4. The lowest BCUT2D eigenvalue weighted by atomic mass is 10.1. The molecule has 0 bridgehead atoms. The number of ether oxygens (including phenoxy) is 1. The summed E-state index contributed by atoms with van der Waals surface area (Å²) in [7, 11) is 3.89. The van der Waals surface area contributed by atoms with Gasteiger partial charge < -0.3 is 14.5 Å². The molecule has 2 aromatic rings. The average Bonchev–Trinajstić information content (AvgIpc) is 3.05. The van der Waals surface area contributed by atoms with Crippen molar-refractivity contribution in [3.63, 3.8) is 0 Å². The molecule has 1 atom stereocenters. The molecule has 0 unspecified atom stereocenters. The predicted octanol–water partition coefficient (Wildman–Crippen LogP) is 2.08. The van der Waals surface area contributed by atoms with Gasteiger partial charge in [0.2, 0.25) is 0 Å².